The van der Waals surface area contributed by atoms with E-state index in [2.05, 4.69) is 0 Å². The van der Waals surface area contributed by atoms with Gasteiger partial charge in [0, 0.05) is 17.3 Å². The Bertz CT molecular complexity index is 1050. The third kappa shape index (κ3) is 4.55. The summed E-state index contributed by atoms with van der Waals surface area (Å²) >= 11 is 12.2. The van der Waals surface area contributed by atoms with Crippen LogP contribution in [0.25, 0.3) is 5.57 Å². The van der Waals surface area contributed by atoms with Crippen molar-refractivity contribution in [3.05, 3.63) is 74.5 Å². The van der Waals surface area contributed by atoms with Gasteiger partial charge in [0.05, 0.1) is 10.0 Å². The van der Waals surface area contributed by atoms with Gasteiger partial charge in [0.15, 0.2) is 5.78 Å². The average Bonchev–Trinajstić information content (AvgIpc) is 2.62. The standard InChI is InChI=1S/C24H24Cl2O4/c1-13-5-7-16(14(2)9-13)21-20(30-23(28)29)12-24(3,4)17(22(21)27)10-15-6-8-18(25)19(26)11-15/h5-9,11,17H,10,12H2,1-4H3,(H,28,29)/p-1. The van der Waals surface area contributed by atoms with Gasteiger partial charge in [0.25, 0.3) is 6.16 Å². The summed E-state index contributed by atoms with van der Waals surface area (Å²) in [4.78, 5) is 25.0. The lowest BCUT2D eigenvalue weighted by atomic mass is 9.65. The monoisotopic (exact) mass is 445 g/mol. The number of hydrogen-bond donors (Lipinski definition) is 0. The molecule has 0 amide bonds. The number of benzene rings is 2. The second-order valence-electron chi connectivity index (χ2n) is 8.50. The largest absolute Gasteiger partial charge is 0.518 e. The van der Waals surface area contributed by atoms with Crippen LogP contribution in [0.15, 0.2) is 42.2 Å². The molecule has 0 aliphatic heterocycles. The van der Waals surface area contributed by atoms with Crippen molar-refractivity contribution >= 4 is 40.7 Å². The molecule has 0 saturated carbocycles. The molecule has 0 bridgehead atoms. The van der Waals surface area contributed by atoms with Gasteiger partial charge in [-0.15, -0.1) is 0 Å². The molecule has 3 rings (SSSR count). The van der Waals surface area contributed by atoms with Crippen molar-refractivity contribution < 1.29 is 19.4 Å². The van der Waals surface area contributed by atoms with Crippen molar-refractivity contribution in [2.45, 2.75) is 40.5 Å². The quantitative estimate of drug-likeness (QED) is 0.579. The zero-order chi connectivity index (χ0) is 22.2. The van der Waals surface area contributed by atoms with Gasteiger partial charge < -0.3 is 14.6 Å². The fourth-order valence-corrected chi connectivity index (χ4v) is 4.45. The highest BCUT2D eigenvalue weighted by Gasteiger charge is 2.43. The van der Waals surface area contributed by atoms with Crippen molar-refractivity contribution in [3.63, 3.8) is 0 Å². The summed E-state index contributed by atoms with van der Waals surface area (Å²) in [5, 5.41) is 12.1. The van der Waals surface area contributed by atoms with E-state index in [4.69, 9.17) is 27.9 Å². The Morgan fingerprint density at radius 1 is 1.13 bits per heavy atom. The Balaban J connectivity index is 2.10. The molecule has 2 aromatic carbocycles. The van der Waals surface area contributed by atoms with Gasteiger partial charge >= 0.3 is 0 Å². The van der Waals surface area contributed by atoms with E-state index in [1.807, 2.05) is 52.0 Å². The number of Topliss-reactive ketones (excluding diaryl/α,β-unsaturated/α-hetero) is 1. The number of ether oxygens (including phenoxy) is 1. The topological polar surface area (TPSA) is 66.4 Å². The fourth-order valence-electron chi connectivity index (χ4n) is 4.13. The molecule has 1 atom stereocenters. The van der Waals surface area contributed by atoms with Gasteiger partial charge in [-0.05, 0) is 60.9 Å². The number of ketones is 1. The molecular formula is C24H23Cl2O4-. The molecule has 0 N–H and O–H groups in total. The van der Waals surface area contributed by atoms with Gasteiger partial charge in [-0.1, -0.05) is 66.9 Å². The maximum absolute atomic E-state index is 13.7. The Kier molecular flexibility index (Phi) is 6.30. The Morgan fingerprint density at radius 3 is 2.43 bits per heavy atom. The minimum Gasteiger partial charge on any atom is -0.518 e. The van der Waals surface area contributed by atoms with E-state index in [9.17, 15) is 14.7 Å². The van der Waals surface area contributed by atoms with Crippen molar-refractivity contribution in [2.75, 3.05) is 0 Å². The first-order chi connectivity index (χ1) is 14.0. The van der Waals surface area contributed by atoms with Crippen molar-refractivity contribution in [3.8, 4) is 0 Å². The third-order valence-corrected chi connectivity index (χ3v) is 6.42. The molecule has 4 nitrogen and oxygen atoms in total. The first-order valence-corrected chi connectivity index (χ1v) is 10.4. The summed E-state index contributed by atoms with van der Waals surface area (Å²) in [6.45, 7) is 7.73. The number of carboxylic acid groups (broad SMARTS) is 1. The molecule has 1 aliphatic rings. The Labute approximate surface area is 186 Å². The number of carbonyl (C=O) groups excluding carboxylic acids is 2. The average molecular weight is 446 g/mol. The normalized spacial score (nSPS) is 18.5. The number of rotatable bonds is 4. The minimum atomic E-state index is -1.67. The molecule has 0 aromatic heterocycles. The number of hydrogen-bond acceptors (Lipinski definition) is 4. The smallest absolute Gasteiger partial charge is 0.256 e. The van der Waals surface area contributed by atoms with Crippen LogP contribution in [-0.2, 0) is 16.0 Å². The number of allylic oxidation sites excluding steroid dienone is 2. The van der Waals surface area contributed by atoms with Crippen LogP contribution < -0.4 is 5.11 Å². The summed E-state index contributed by atoms with van der Waals surface area (Å²) in [6.07, 6.45) is -0.921. The second kappa shape index (κ2) is 8.44. The predicted octanol–water partition coefficient (Wildman–Crippen LogP) is 5.54. The molecule has 6 heteroatoms. The third-order valence-electron chi connectivity index (χ3n) is 5.68. The highest BCUT2D eigenvalue weighted by molar-refractivity contribution is 6.42. The summed E-state index contributed by atoms with van der Waals surface area (Å²) in [6, 6.07) is 11.0. The maximum atomic E-state index is 13.7. The van der Waals surface area contributed by atoms with E-state index >= 15 is 0 Å². The van der Waals surface area contributed by atoms with E-state index in [-0.39, 0.29) is 17.5 Å². The second-order valence-corrected chi connectivity index (χ2v) is 9.32. The number of aryl methyl sites for hydroxylation is 2. The summed E-state index contributed by atoms with van der Waals surface area (Å²) in [7, 11) is 0. The molecule has 0 heterocycles. The molecular weight excluding hydrogens is 423 g/mol. The van der Waals surface area contributed by atoms with Crippen LogP contribution in [0, 0.1) is 25.2 Å². The van der Waals surface area contributed by atoms with Crippen LogP contribution in [0.5, 0.6) is 0 Å². The first-order valence-electron chi connectivity index (χ1n) is 9.67. The maximum Gasteiger partial charge on any atom is 0.256 e. The van der Waals surface area contributed by atoms with E-state index in [0.717, 1.165) is 16.7 Å². The van der Waals surface area contributed by atoms with Crippen molar-refractivity contribution in [1.29, 1.82) is 0 Å². The van der Waals surface area contributed by atoms with Gasteiger partial charge in [0.2, 0.25) is 0 Å². The van der Waals surface area contributed by atoms with Crippen molar-refractivity contribution in [1.82, 2.24) is 0 Å². The lowest BCUT2D eigenvalue weighted by molar-refractivity contribution is -0.278. The number of halogens is 2. The summed E-state index contributed by atoms with van der Waals surface area (Å²) in [5.41, 5.74) is 3.27. The molecule has 1 unspecified atom stereocenters. The Hall–Kier alpha value is -2.30. The van der Waals surface area contributed by atoms with Gasteiger partial charge in [-0.2, -0.15) is 0 Å². The number of carbonyl (C=O) groups is 2. The highest BCUT2D eigenvalue weighted by atomic mass is 35.5. The van der Waals surface area contributed by atoms with E-state index in [1.165, 1.54) is 0 Å². The Morgan fingerprint density at radius 2 is 1.83 bits per heavy atom. The SMILES string of the molecule is Cc1ccc(C2=C(OC(=O)[O-])CC(C)(C)C(Cc3ccc(Cl)c(Cl)c3)C2=O)c(C)c1. The molecule has 30 heavy (non-hydrogen) atoms. The fraction of sp³-hybridized carbons (Fsp3) is 0.333. The molecule has 0 fully saturated rings. The lowest BCUT2D eigenvalue weighted by Gasteiger charge is -2.41. The van der Waals surface area contributed by atoms with Crippen molar-refractivity contribution in [2.24, 2.45) is 11.3 Å². The highest BCUT2D eigenvalue weighted by Crippen LogP contribution is 2.46. The van der Waals surface area contributed by atoms with Crippen LogP contribution >= 0.6 is 23.2 Å². The molecule has 158 valence electrons. The zero-order valence-corrected chi connectivity index (χ0v) is 18.9. The van der Waals surface area contributed by atoms with Gasteiger partial charge in [-0.3, -0.25) is 4.79 Å². The lowest BCUT2D eigenvalue weighted by Crippen LogP contribution is -2.39. The molecule has 1 aliphatic carbocycles. The van der Waals surface area contributed by atoms with Gasteiger partial charge in [-0.25, -0.2) is 0 Å². The van der Waals surface area contributed by atoms with Gasteiger partial charge in [0.1, 0.15) is 0 Å². The van der Waals surface area contributed by atoms with E-state index in [0.29, 0.717) is 34.0 Å². The minimum absolute atomic E-state index is 0.141. The van der Waals surface area contributed by atoms with Crippen LogP contribution in [-0.4, -0.2) is 11.9 Å². The zero-order valence-electron chi connectivity index (χ0n) is 17.3. The van der Waals surface area contributed by atoms with Crippen LogP contribution in [0.2, 0.25) is 10.0 Å². The molecule has 2 aromatic rings. The summed E-state index contributed by atoms with van der Waals surface area (Å²) in [5.74, 6) is -0.401. The predicted molar refractivity (Wildman–Crippen MR) is 116 cm³/mol. The summed E-state index contributed by atoms with van der Waals surface area (Å²) < 4.78 is 5.01. The van der Waals surface area contributed by atoms with E-state index < -0.39 is 11.6 Å². The molecule has 0 spiro atoms. The molecule has 0 radical (unpaired) electrons. The van der Waals surface area contributed by atoms with Crippen LogP contribution in [0.4, 0.5) is 4.79 Å². The first kappa shape index (κ1) is 22.4. The molecule has 0 saturated heterocycles. The van der Waals surface area contributed by atoms with Crippen LogP contribution in [0.1, 0.15) is 42.5 Å². The van der Waals surface area contributed by atoms with E-state index in [1.54, 1.807) is 12.1 Å². The van der Waals surface area contributed by atoms with Crippen LogP contribution in [0.3, 0.4) is 0 Å².